The molecule has 0 aliphatic carbocycles. The normalized spacial score (nSPS) is 9.00. The third-order valence-corrected chi connectivity index (χ3v) is 1.64. The van der Waals surface area contributed by atoms with Gasteiger partial charge in [-0.2, -0.15) is 5.26 Å². The molecule has 0 amide bonds. The van der Waals surface area contributed by atoms with Crippen LogP contribution in [0.3, 0.4) is 0 Å². The molecule has 0 bridgehead atoms. The van der Waals surface area contributed by atoms with Gasteiger partial charge >= 0.3 is 0 Å². The van der Waals surface area contributed by atoms with Gasteiger partial charge in [-0.25, -0.2) is 4.98 Å². The van der Waals surface area contributed by atoms with Crippen LogP contribution in [0, 0.1) is 11.3 Å². The summed E-state index contributed by atoms with van der Waals surface area (Å²) in [7, 11) is 0. The largest absolute Gasteiger partial charge is 0.242 e. The van der Waals surface area contributed by atoms with Crippen LogP contribution in [-0.2, 0) is 6.42 Å². The second-order valence-electron chi connectivity index (χ2n) is 3.11. The van der Waals surface area contributed by atoms with Gasteiger partial charge in [0.15, 0.2) is 0 Å². The Balaban J connectivity index is 2.79. The van der Waals surface area contributed by atoms with Crippen LogP contribution in [0.4, 0.5) is 0 Å². The van der Waals surface area contributed by atoms with E-state index in [1.165, 1.54) is 5.57 Å². The average molecular weight is 172 g/mol. The second-order valence-corrected chi connectivity index (χ2v) is 3.11. The number of rotatable bonds is 2. The number of nitriles is 1. The van der Waals surface area contributed by atoms with Crippen molar-refractivity contribution in [3.8, 4) is 6.07 Å². The van der Waals surface area contributed by atoms with Crippen molar-refractivity contribution in [1.29, 1.82) is 5.26 Å². The van der Waals surface area contributed by atoms with Gasteiger partial charge in [0.1, 0.15) is 11.8 Å². The Morgan fingerprint density at radius 2 is 2.31 bits per heavy atom. The maximum Gasteiger partial charge on any atom is 0.140 e. The van der Waals surface area contributed by atoms with Crippen LogP contribution >= 0.6 is 0 Å². The molecule has 0 radical (unpaired) electrons. The van der Waals surface area contributed by atoms with Gasteiger partial charge in [0.2, 0.25) is 0 Å². The van der Waals surface area contributed by atoms with Gasteiger partial charge in [0, 0.05) is 12.1 Å². The molecule has 1 aromatic rings. The summed E-state index contributed by atoms with van der Waals surface area (Å²) in [6, 6.07) is 7.53. The van der Waals surface area contributed by atoms with Crippen molar-refractivity contribution in [3.63, 3.8) is 0 Å². The molecule has 2 nitrogen and oxygen atoms in total. The molecule has 66 valence electrons. The van der Waals surface area contributed by atoms with E-state index >= 15 is 0 Å². The second kappa shape index (κ2) is 4.42. The van der Waals surface area contributed by atoms with Crippen LogP contribution in [0.2, 0.25) is 0 Å². The molecule has 0 N–H and O–H groups in total. The van der Waals surface area contributed by atoms with Crippen LogP contribution in [0.25, 0.3) is 0 Å². The smallest absolute Gasteiger partial charge is 0.140 e. The van der Waals surface area contributed by atoms with Gasteiger partial charge in [0.05, 0.1) is 0 Å². The molecule has 0 aliphatic heterocycles. The fourth-order valence-electron chi connectivity index (χ4n) is 0.964. The van der Waals surface area contributed by atoms with E-state index in [9.17, 15) is 0 Å². The summed E-state index contributed by atoms with van der Waals surface area (Å²) in [4.78, 5) is 4.16. The van der Waals surface area contributed by atoms with E-state index in [2.05, 4.69) is 11.1 Å². The molecule has 0 aromatic carbocycles. The number of hydrogen-bond donors (Lipinski definition) is 0. The quantitative estimate of drug-likeness (QED) is 0.642. The molecule has 0 aliphatic rings. The summed E-state index contributed by atoms with van der Waals surface area (Å²) >= 11 is 0. The van der Waals surface area contributed by atoms with Crippen LogP contribution in [-0.4, -0.2) is 4.98 Å². The lowest BCUT2D eigenvalue weighted by Crippen LogP contribution is -1.90. The first-order valence-corrected chi connectivity index (χ1v) is 4.22. The monoisotopic (exact) mass is 172 g/mol. The lowest BCUT2D eigenvalue weighted by atomic mass is 10.2. The third-order valence-electron chi connectivity index (χ3n) is 1.64. The van der Waals surface area contributed by atoms with Gasteiger partial charge in [-0.1, -0.05) is 17.7 Å². The first kappa shape index (κ1) is 9.47. The van der Waals surface area contributed by atoms with Crippen molar-refractivity contribution in [2.45, 2.75) is 20.3 Å². The molecule has 1 rings (SSSR count). The number of aromatic nitrogens is 1. The van der Waals surface area contributed by atoms with Gasteiger partial charge in [-0.05, 0) is 26.0 Å². The molecule has 0 unspecified atom stereocenters. The summed E-state index contributed by atoms with van der Waals surface area (Å²) < 4.78 is 0. The summed E-state index contributed by atoms with van der Waals surface area (Å²) in [5.41, 5.74) is 2.70. The lowest BCUT2D eigenvalue weighted by molar-refractivity contribution is 1.08. The number of hydrogen-bond acceptors (Lipinski definition) is 2. The van der Waals surface area contributed by atoms with Crippen LogP contribution in [0.5, 0.6) is 0 Å². The molecule has 1 heterocycles. The average Bonchev–Trinajstić information content (AvgIpc) is 2.15. The first-order valence-electron chi connectivity index (χ1n) is 4.22. The Labute approximate surface area is 78.5 Å². The van der Waals surface area contributed by atoms with Crippen molar-refractivity contribution in [1.82, 2.24) is 4.98 Å². The van der Waals surface area contributed by atoms with Gasteiger partial charge in [-0.3, -0.25) is 0 Å². The zero-order valence-corrected chi connectivity index (χ0v) is 7.91. The molecule has 0 atom stereocenters. The molecule has 0 saturated heterocycles. The van der Waals surface area contributed by atoms with E-state index in [1.54, 1.807) is 6.07 Å². The Bertz CT molecular complexity index is 355. The summed E-state index contributed by atoms with van der Waals surface area (Å²) in [5, 5.41) is 8.61. The van der Waals surface area contributed by atoms with Crippen molar-refractivity contribution in [2.24, 2.45) is 0 Å². The zero-order valence-electron chi connectivity index (χ0n) is 7.91. The maximum atomic E-state index is 8.61. The molecule has 2 heteroatoms. The van der Waals surface area contributed by atoms with E-state index in [-0.39, 0.29) is 0 Å². The summed E-state index contributed by atoms with van der Waals surface area (Å²) in [6.07, 6.45) is 2.90. The van der Waals surface area contributed by atoms with E-state index in [1.807, 2.05) is 32.0 Å². The van der Waals surface area contributed by atoms with Crippen molar-refractivity contribution >= 4 is 0 Å². The first-order chi connectivity index (χ1) is 6.22. The highest BCUT2D eigenvalue weighted by Crippen LogP contribution is 2.01. The highest BCUT2D eigenvalue weighted by molar-refractivity contribution is 5.23. The lowest BCUT2D eigenvalue weighted by Gasteiger charge is -1.96. The van der Waals surface area contributed by atoms with Gasteiger partial charge in [0.25, 0.3) is 0 Å². The van der Waals surface area contributed by atoms with Gasteiger partial charge < -0.3 is 0 Å². The molecule has 0 spiro atoms. The Kier molecular flexibility index (Phi) is 3.22. The van der Waals surface area contributed by atoms with Crippen molar-refractivity contribution < 1.29 is 0 Å². The predicted octanol–water partition coefficient (Wildman–Crippen LogP) is 2.46. The standard InChI is InChI=1S/C11H12N2/c1-9(2)6-7-10-4-3-5-11(8-12)13-10/h3-6H,7H2,1-2H3. The Morgan fingerprint density at radius 1 is 1.54 bits per heavy atom. The van der Waals surface area contributed by atoms with E-state index in [0.29, 0.717) is 5.69 Å². The van der Waals surface area contributed by atoms with Crippen LogP contribution in [0.1, 0.15) is 25.2 Å². The van der Waals surface area contributed by atoms with Crippen LogP contribution in [0.15, 0.2) is 29.8 Å². The van der Waals surface area contributed by atoms with Crippen molar-refractivity contribution in [2.75, 3.05) is 0 Å². The molecular formula is C11H12N2. The van der Waals surface area contributed by atoms with Crippen LogP contribution < -0.4 is 0 Å². The topological polar surface area (TPSA) is 36.7 Å². The van der Waals surface area contributed by atoms with E-state index < -0.39 is 0 Å². The fraction of sp³-hybridized carbons (Fsp3) is 0.273. The molecule has 1 aromatic heterocycles. The maximum absolute atomic E-state index is 8.61. The SMILES string of the molecule is CC(C)=CCc1cccc(C#N)n1. The zero-order chi connectivity index (χ0) is 9.68. The van der Waals surface area contributed by atoms with Crippen molar-refractivity contribution in [3.05, 3.63) is 41.2 Å². The molecular weight excluding hydrogens is 160 g/mol. The third kappa shape index (κ3) is 3.08. The number of nitrogens with zero attached hydrogens (tertiary/aromatic N) is 2. The minimum atomic E-state index is 0.486. The van der Waals surface area contributed by atoms with Gasteiger partial charge in [-0.15, -0.1) is 0 Å². The summed E-state index contributed by atoms with van der Waals surface area (Å²) in [6.45, 7) is 4.10. The molecule has 13 heavy (non-hydrogen) atoms. The summed E-state index contributed by atoms with van der Waals surface area (Å²) in [5.74, 6) is 0. The highest BCUT2D eigenvalue weighted by atomic mass is 14.7. The fourth-order valence-corrected chi connectivity index (χ4v) is 0.964. The minimum Gasteiger partial charge on any atom is -0.242 e. The number of pyridine rings is 1. The highest BCUT2D eigenvalue weighted by Gasteiger charge is 1.94. The number of allylic oxidation sites excluding steroid dienone is 2. The predicted molar refractivity (Wildman–Crippen MR) is 52.1 cm³/mol. The minimum absolute atomic E-state index is 0.486. The molecule has 0 fully saturated rings. The van der Waals surface area contributed by atoms with E-state index in [0.717, 1.165) is 12.1 Å². The molecule has 0 saturated carbocycles. The Morgan fingerprint density at radius 3 is 2.92 bits per heavy atom. The Hall–Kier alpha value is -1.62. The van der Waals surface area contributed by atoms with E-state index in [4.69, 9.17) is 5.26 Å².